The maximum absolute atomic E-state index is 5.96. The van der Waals surface area contributed by atoms with E-state index in [2.05, 4.69) is 29.7 Å². The van der Waals surface area contributed by atoms with Gasteiger partial charge in [-0.1, -0.05) is 38.2 Å². The molecular formula is C18H25ClN2. The van der Waals surface area contributed by atoms with Crippen molar-refractivity contribution in [3.05, 3.63) is 29.6 Å². The van der Waals surface area contributed by atoms with Crippen LogP contribution in [0, 0.1) is 12.8 Å². The molecule has 0 unspecified atom stereocenters. The molecule has 21 heavy (non-hydrogen) atoms. The van der Waals surface area contributed by atoms with Crippen LogP contribution in [0.5, 0.6) is 0 Å². The Labute approximate surface area is 132 Å². The van der Waals surface area contributed by atoms with Gasteiger partial charge in [-0.3, -0.25) is 0 Å². The highest BCUT2D eigenvalue weighted by molar-refractivity contribution is 6.17. The van der Waals surface area contributed by atoms with E-state index < -0.39 is 0 Å². The van der Waals surface area contributed by atoms with Gasteiger partial charge >= 0.3 is 0 Å². The van der Waals surface area contributed by atoms with E-state index in [1.54, 1.807) is 0 Å². The number of aryl methyl sites for hydroxylation is 3. The summed E-state index contributed by atoms with van der Waals surface area (Å²) in [5, 5.41) is 0. The number of rotatable bonds is 5. The Bertz CT molecular complexity index is 597. The Kier molecular flexibility index (Phi) is 4.84. The van der Waals surface area contributed by atoms with E-state index in [0.29, 0.717) is 5.88 Å². The van der Waals surface area contributed by atoms with Gasteiger partial charge in [0.1, 0.15) is 5.82 Å². The zero-order chi connectivity index (χ0) is 14.7. The molecule has 1 aromatic carbocycles. The first-order valence-electron chi connectivity index (χ1n) is 8.29. The molecule has 1 aliphatic rings. The smallest absolute Gasteiger partial charge is 0.111 e. The van der Waals surface area contributed by atoms with Crippen LogP contribution in [0.15, 0.2) is 18.2 Å². The second-order valence-electron chi connectivity index (χ2n) is 6.40. The van der Waals surface area contributed by atoms with Crippen LogP contribution < -0.4 is 0 Å². The summed E-state index contributed by atoms with van der Waals surface area (Å²) >= 11 is 5.96. The maximum Gasteiger partial charge on any atom is 0.111 e. The normalized spacial score (nSPS) is 16.7. The van der Waals surface area contributed by atoms with E-state index in [9.17, 15) is 0 Å². The molecule has 1 fully saturated rings. The summed E-state index contributed by atoms with van der Waals surface area (Å²) in [4.78, 5) is 4.79. The van der Waals surface area contributed by atoms with Crippen LogP contribution >= 0.6 is 11.6 Å². The number of imidazole rings is 1. The number of aromatic nitrogens is 2. The molecule has 114 valence electrons. The van der Waals surface area contributed by atoms with Crippen molar-refractivity contribution in [3.8, 4) is 0 Å². The molecule has 0 amide bonds. The van der Waals surface area contributed by atoms with E-state index in [1.807, 2.05) is 0 Å². The predicted molar refractivity (Wildman–Crippen MR) is 90.1 cm³/mol. The van der Waals surface area contributed by atoms with Crippen LogP contribution in [0.1, 0.15) is 49.9 Å². The van der Waals surface area contributed by atoms with Crippen LogP contribution in [0.2, 0.25) is 0 Å². The Balaban J connectivity index is 1.83. The van der Waals surface area contributed by atoms with Crippen LogP contribution in [-0.4, -0.2) is 15.4 Å². The summed E-state index contributed by atoms with van der Waals surface area (Å²) in [5.74, 6) is 2.71. The Morgan fingerprint density at radius 2 is 2.05 bits per heavy atom. The Morgan fingerprint density at radius 3 is 2.81 bits per heavy atom. The zero-order valence-corrected chi connectivity index (χ0v) is 13.7. The largest absolute Gasteiger partial charge is 0.328 e. The molecule has 3 rings (SSSR count). The lowest BCUT2D eigenvalue weighted by Crippen LogP contribution is -2.12. The second-order valence-corrected chi connectivity index (χ2v) is 6.78. The molecule has 0 N–H and O–H groups in total. The lowest BCUT2D eigenvalue weighted by Gasteiger charge is -2.22. The quantitative estimate of drug-likeness (QED) is 0.703. The number of halogens is 1. The van der Waals surface area contributed by atoms with Gasteiger partial charge in [-0.2, -0.15) is 0 Å². The van der Waals surface area contributed by atoms with Gasteiger partial charge < -0.3 is 4.57 Å². The summed E-state index contributed by atoms with van der Waals surface area (Å²) in [6, 6.07) is 6.55. The fraction of sp³-hybridized carbons (Fsp3) is 0.611. The number of nitrogens with zero attached hydrogens (tertiary/aromatic N) is 2. The molecule has 0 radical (unpaired) electrons. The molecule has 0 aliphatic heterocycles. The number of fused-ring (bicyclic) bond motifs is 1. The third-order valence-electron chi connectivity index (χ3n) is 4.79. The molecule has 1 aromatic heterocycles. The molecular weight excluding hydrogens is 280 g/mol. The summed E-state index contributed by atoms with van der Waals surface area (Å²) in [6.45, 7) is 3.25. The van der Waals surface area contributed by atoms with Gasteiger partial charge in [0.15, 0.2) is 0 Å². The van der Waals surface area contributed by atoms with Gasteiger partial charge in [-0.05, 0) is 37.0 Å². The summed E-state index contributed by atoms with van der Waals surface area (Å²) < 4.78 is 2.42. The average molecular weight is 305 g/mol. The molecule has 0 atom stereocenters. The third-order valence-corrected chi connectivity index (χ3v) is 4.98. The van der Waals surface area contributed by atoms with Crippen molar-refractivity contribution in [2.45, 2.75) is 58.4 Å². The van der Waals surface area contributed by atoms with Gasteiger partial charge in [-0.15, -0.1) is 11.6 Å². The fourth-order valence-corrected chi connectivity index (χ4v) is 3.76. The van der Waals surface area contributed by atoms with Crippen molar-refractivity contribution in [2.75, 3.05) is 5.88 Å². The van der Waals surface area contributed by atoms with E-state index in [-0.39, 0.29) is 0 Å². The number of alkyl halides is 1. The lowest BCUT2D eigenvalue weighted by molar-refractivity contribution is 0.324. The van der Waals surface area contributed by atoms with Gasteiger partial charge in [0.25, 0.3) is 0 Å². The molecule has 0 saturated heterocycles. The molecule has 1 aliphatic carbocycles. The predicted octanol–water partition coefficient (Wildman–Crippen LogP) is 5.10. The standard InChI is InChI=1S/C18H25ClN2/c1-14-7-8-16-17(13-14)21(18(20-16)9-11-19)12-10-15-5-3-2-4-6-15/h7-8,13,15H,2-6,9-12H2,1H3. The fourth-order valence-electron chi connectivity index (χ4n) is 3.60. The minimum atomic E-state index is 0.645. The highest BCUT2D eigenvalue weighted by atomic mass is 35.5. The van der Waals surface area contributed by atoms with Crippen molar-refractivity contribution in [2.24, 2.45) is 5.92 Å². The van der Waals surface area contributed by atoms with Gasteiger partial charge in [0, 0.05) is 18.8 Å². The average Bonchev–Trinajstić information content (AvgIpc) is 2.83. The van der Waals surface area contributed by atoms with Crippen LogP contribution in [-0.2, 0) is 13.0 Å². The lowest BCUT2D eigenvalue weighted by atomic mass is 9.87. The zero-order valence-electron chi connectivity index (χ0n) is 12.9. The number of benzene rings is 1. The molecule has 1 saturated carbocycles. The first-order chi connectivity index (χ1) is 10.3. The topological polar surface area (TPSA) is 17.8 Å². The van der Waals surface area contributed by atoms with Crippen LogP contribution in [0.25, 0.3) is 11.0 Å². The van der Waals surface area contributed by atoms with Crippen molar-refractivity contribution < 1.29 is 0 Å². The monoisotopic (exact) mass is 304 g/mol. The first kappa shape index (κ1) is 14.9. The van der Waals surface area contributed by atoms with Crippen molar-refractivity contribution in [1.82, 2.24) is 9.55 Å². The minimum Gasteiger partial charge on any atom is -0.328 e. The van der Waals surface area contributed by atoms with Gasteiger partial charge in [0.05, 0.1) is 11.0 Å². The number of hydrogen-bond acceptors (Lipinski definition) is 1. The maximum atomic E-state index is 5.96. The van der Waals surface area contributed by atoms with Crippen LogP contribution in [0.3, 0.4) is 0 Å². The Morgan fingerprint density at radius 1 is 1.24 bits per heavy atom. The van der Waals surface area contributed by atoms with Gasteiger partial charge in [0.2, 0.25) is 0 Å². The number of hydrogen-bond donors (Lipinski definition) is 0. The van der Waals surface area contributed by atoms with Crippen molar-refractivity contribution in [3.63, 3.8) is 0 Å². The molecule has 0 bridgehead atoms. The molecule has 3 heteroatoms. The highest BCUT2D eigenvalue weighted by Gasteiger charge is 2.16. The van der Waals surface area contributed by atoms with E-state index >= 15 is 0 Å². The SMILES string of the molecule is Cc1ccc2nc(CCCl)n(CCC3CCCCC3)c2c1. The molecule has 0 spiro atoms. The Hall–Kier alpha value is -1.02. The van der Waals surface area contributed by atoms with E-state index in [4.69, 9.17) is 16.6 Å². The van der Waals surface area contributed by atoms with E-state index in [0.717, 1.165) is 30.2 Å². The molecule has 1 heterocycles. The first-order valence-corrected chi connectivity index (χ1v) is 8.83. The van der Waals surface area contributed by atoms with Gasteiger partial charge in [-0.25, -0.2) is 4.98 Å². The third kappa shape index (κ3) is 3.42. The minimum absolute atomic E-state index is 0.645. The molecule has 2 aromatic rings. The summed E-state index contributed by atoms with van der Waals surface area (Å²) in [7, 11) is 0. The summed E-state index contributed by atoms with van der Waals surface area (Å²) in [6.07, 6.45) is 9.24. The van der Waals surface area contributed by atoms with E-state index in [1.165, 1.54) is 49.6 Å². The van der Waals surface area contributed by atoms with Crippen LogP contribution in [0.4, 0.5) is 0 Å². The summed E-state index contributed by atoms with van der Waals surface area (Å²) in [5.41, 5.74) is 3.70. The molecule has 2 nitrogen and oxygen atoms in total. The van der Waals surface area contributed by atoms with Crippen molar-refractivity contribution in [1.29, 1.82) is 0 Å². The second kappa shape index (κ2) is 6.83. The van der Waals surface area contributed by atoms with Crippen molar-refractivity contribution >= 4 is 22.6 Å². The highest BCUT2D eigenvalue weighted by Crippen LogP contribution is 2.28.